The van der Waals surface area contributed by atoms with Crippen LogP contribution in [0.25, 0.3) is 11.5 Å². The van der Waals surface area contributed by atoms with Gasteiger partial charge < -0.3 is 5.11 Å². The van der Waals surface area contributed by atoms with Gasteiger partial charge in [0.1, 0.15) is 17.7 Å². The molecule has 2 rings (SSSR count). The lowest BCUT2D eigenvalue weighted by atomic mass is 10.1. The maximum atomic E-state index is 10.5. The zero-order chi connectivity index (χ0) is 15.1. The van der Waals surface area contributed by atoms with Gasteiger partial charge in [0.25, 0.3) is 5.70 Å². The van der Waals surface area contributed by atoms with Crippen LogP contribution >= 0.6 is 0 Å². The first-order valence-corrected chi connectivity index (χ1v) is 6.23. The molecule has 0 saturated carbocycles. The summed E-state index contributed by atoms with van der Waals surface area (Å²) in [6, 6.07) is 18.0. The number of hydrogen-bond acceptors (Lipinski definition) is 3. The van der Waals surface area contributed by atoms with Crippen LogP contribution in [-0.4, -0.2) is 5.11 Å². The Balaban J connectivity index is 2.66. The molecule has 0 spiro atoms. The number of allylic oxidation sites excluding steroid dienone is 3. The number of aliphatic hydroxyl groups is 1. The molecule has 0 radical (unpaired) electrons. The van der Waals surface area contributed by atoms with Crippen LogP contribution in [0, 0.1) is 22.7 Å². The number of nitriles is 2. The van der Waals surface area contributed by atoms with Crippen LogP contribution in [0.3, 0.4) is 0 Å². The predicted molar refractivity (Wildman–Crippen MR) is 78.1 cm³/mol. The number of pyridine rings is 1. The average Bonchev–Trinajstić information content (AvgIpc) is 2.57. The van der Waals surface area contributed by atoms with Gasteiger partial charge in [-0.1, -0.05) is 36.4 Å². The summed E-state index contributed by atoms with van der Waals surface area (Å²) in [7, 11) is 0. The Kier molecular flexibility index (Phi) is 4.48. The molecule has 1 aromatic carbocycles. The van der Waals surface area contributed by atoms with Crippen molar-refractivity contribution < 1.29 is 9.67 Å². The van der Waals surface area contributed by atoms with E-state index in [2.05, 4.69) is 0 Å². The van der Waals surface area contributed by atoms with Crippen LogP contribution in [-0.2, 0) is 0 Å². The van der Waals surface area contributed by atoms with Crippen LogP contribution in [0.2, 0.25) is 0 Å². The highest BCUT2D eigenvalue weighted by molar-refractivity contribution is 5.79. The molecular weight excluding hydrogens is 262 g/mol. The van der Waals surface area contributed by atoms with Crippen LogP contribution in [0.4, 0.5) is 0 Å². The second-order valence-electron chi connectivity index (χ2n) is 4.16. The summed E-state index contributed by atoms with van der Waals surface area (Å²) in [6.07, 6.45) is 4.83. The van der Waals surface area contributed by atoms with Crippen molar-refractivity contribution in [3.63, 3.8) is 0 Å². The van der Waals surface area contributed by atoms with Gasteiger partial charge in [-0.15, -0.1) is 0 Å². The van der Waals surface area contributed by atoms with E-state index in [1.165, 1.54) is 6.08 Å². The largest absolute Gasteiger partial charge is 0.502 e. The number of nitrogens with zero attached hydrogens (tertiary/aromatic N) is 3. The number of hydrogen-bond donors (Lipinski definition) is 1. The molecule has 0 aliphatic carbocycles. The van der Waals surface area contributed by atoms with E-state index in [0.717, 1.165) is 0 Å². The number of aliphatic hydroxyl groups excluding tert-OH is 1. The molecule has 4 nitrogen and oxygen atoms in total. The molecule has 0 aliphatic heterocycles. The van der Waals surface area contributed by atoms with Crippen molar-refractivity contribution in [2.45, 2.75) is 0 Å². The van der Waals surface area contributed by atoms with Gasteiger partial charge in [0.05, 0.1) is 0 Å². The van der Waals surface area contributed by atoms with Crippen LogP contribution in [0.1, 0.15) is 5.56 Å². The molecule has 100 valence electrons. The fourth-order valence-corrected chi connectivity index (χ4v) is 1.79. The maximum absolute atomic E-state index is 10.5. The molecule has 0 atom stereocenters. The lowest BCUT2D eigenvalue weighted by molar-refractivity contribution is -0.578. The first kappa shape index (κ1) is 14.0. The van der Waals surface area contributed by atoms with E-state index in [1.54, 1.807) is 65.5 Å². The van der Waals surface area contributed by atoms with Gasteiger partial charge in [-0.25, -0.2) is 0 Å². The van der Waals surface area contributed by atoms with E-state index in [4.69, 9.17) is 10.5 Å². The van der Waals surface area contributed by atoms with Gasteiger partial charge in [-0.2, -0.15) is 15.1 Å². The molecule has 4 heteroatoms. The topological polar surface area (TPSA) is 71.7 Å². The van der Waals surface area contributed by atoms with E-state index in [0.29, 0.717) is 11.3 Å². The highest BCUT2D eigenvalue weighted by Gasteiger charge is 2.16. The molecule has 0 unspecified atom stereocenters. The molecule has 0 saturated heterocycles. The third kappa shape index (κ3) is 3.34. The van der Waals surface area contributed by atoms with E-state index in [1.807, 2.05) is 12.1 Å². The second-order valence-corrected chi connectivity index (χ2v) is 4.16. The van der Waals surface area contributed by atoms with Gasteiger partial charge in [-0.3, -0.25) is 0 Å². The molecule has 1 heterocycles. The van der Waals surface area contributed by atoms with E-state index in [9.17, 15) is 5.11 Å². The fraction of sp³-hybridized carbons (Fsp3) is 0. The van der Waals surface area contributed by atoms with Gasteiger partial charge in [-0.05, 0) is 0 Å². The minimum atomic E-state index is -0.0798. The zero-order valence-electron chi connectivity index (χ0n) is 11.1. The summed E-state index contributed by atoms with van der Waals surface area (Å²) < 4.78 is 1.65. The van der Waals surface area contributed by atoms with Crippen molar-refractivity contribution in [2.75, 3.05) is 0 Å². The average molecular weight is 274 g/mol. The molecule has 0 amide bonds. The molecule has 2 aromatic rings. The summed E-state index contributed by atoms with van der Waals surface area (Å²) in [5, 5.41) is 28.3. The predicted octanol–water partition coefficient (Wildman–Crippen LogP) is 2.83. The second kappa shape index (κ2) is 6.70. The standard InChI is InChI=1S/C17H11N3O/c18-12-14(13-19)11-16(20-9-5-2-6-10-20)17(21)15-7-3-1-4-8-15/h1-11H/p+1. The van der Waals surface area contributed by atoms with Crippen molar-refractivity contribution in [3.05, 3.63) is 78.1 Å². The van der Waals surface area contributed by atoms with Crippen molar-refractivity contribution in [2.24, 2.45) is 0 Å². The number of rotatable bonds is 3. The first-order valence-electron chi connectivity index (χ1n) is 6.23. The number of benzene rings is 1. The van der Waals surface area contributed by atoms with Gasteiger partial charge in [0.15, 0.2) is 18.2 Å². The van der Waals surface area contributed by atoms with Crippen LogP contribution in [0.5, 0.6) is 0 Å². The smallest absolute Gasteiger partial charge is 0.255 e. The Morgan fingerprint density at radius 3 is 2.10 bits per heavy atom. The number of aromatic nitrogens is 1. The highest BCUT2D eigenvalue weighted by Crippen LogP contribution is 2.17. The third-order valence-corrected chi connectivity index (χ3v) is 2.81. The molecule has 1 aromatic heterocycles. The first-order chi connectivity index (χ1) is 10.3. The van der Waals surface area contributed by atoms with Crippen LogP contribution < -0.4 is 4.57 Å². The van der Waals surface area contributed by atoms with Crippen molar-refractivity contribution in [1.82, 2.24) is 0 Å². The van der Waals surface area contributed by atoms with Crippen molar-refractivity contribution in [3.8, 4) is 12.1 Å². The SMILES string of the molecule is N#CC(C#N)=CC(=C(O)c1ccccc1)[n+]1ccccc1. The molecule has 0 aliphatic rings. The molecule has 0 fully saturated rings. The van der Waals surface area contributed by atoms with E-state index >= 15 is 0 Å². The van der Waals surface area contributed by atoms with Crippen molar-refractivity contribution >= 4 is 11.5 Å². The quantitative estimate of drug-likeness (QED) is 0.405. The Hall–Kier alpha value is -3.37. The monoisotopic (exact) mass is 274 g/mol. The Morgan fingerprint density at radius 1 is 0.952 bits per heavy atom. The molecule has 21 heavy (non-hydrogen) atoms. The van der Waals surface area contributed by atoms with E-state index < -0.39 is 0 Å². The summed E-state index contributed by atoms with van der Waals surface area (Å²) in [6.45, 7) is 0. The van der Waals surface area contributed by atoms with E-state index in [-0.39, 0.29) is 11.3 Å². The summed E-state index contributed by atoms with van der Waals surface area (Å²) >= 11 is 0. The molecular formula is C17H12N3O+. The molecule has 1 N–H and O–H groups in total. The van der Waals surface area contributed by atoms with Gasteiger partial charge in [0.2, 0.25) is 0 Å². The Labute approximate surface area is 122 Å². The minimum absolute atomic E-state index is 0.00481. The maximum Gasteiger partial charge on any atom is 0.255 e. The van der Waals surface area contributed by atoms with Crippen LogP contribution in [0.15, 0.2) is 72.6 Å². The molecule has 0 bridgehead atoms. The zero-order valence-corrected chi connectivity index (χ0v) is 11.1. The third-order valence-electron chi connectivity index (χ3n) is 2.81. The van der Waals surface area contributed by atoms with Gasteiger partial charge >= 0.3 is 0 Å². The van der Waals surface area contributed by atoms with Crippen molar-refractivity contribution in [1.29, 1.82) is 10.5 Å². The van der Waals surface area contributed by atoms with Gasteiger partial charge in [0, 0.05) is 23.8 Å². The lowest BCUT2D eigenvalue weighted by Gasteiger charge is -2.02. The fourth-order valence-electron chi connectivity index (χ4n) is 1.79. The Morgan fingerprint density at radius 2 is 1.52 bits per heavy atom. The normalized spacial score (nSPS) is 10.8. The highest BCUT2D eigenvalue weighted by atomic mass is 16.3. The summed E-state index contributed by atoms with van der Waals surface area (Å²) in [5.74, 6) is -0.00481. The summed E-state index contributed by atoms with van der Waals surface area (Å²) in [5.41, 5.74) is 0.888. The summed E-state index contributed by atoms with van der Waals surface area (Å²) in [4.78, 5) is 0. The lowest BCUT2D eigenvalue weighted by Crippen LogP contribution is -2.31. The Bertz CT molecular complexity index is 747. The minimum Gasteiger partial charge on any atom is -0.502 e.